The highest BCUT2D eigenvalue weighted by Gasteiger charge is 2.19. The Balaban J connectivity index is 1.85. The minimum absolute atomic E-state index is 0.0489. The molecule has 0 saturated carbocycles. The molecule has 2 heterocycles. The summed E-state index contributed by atoms with van der Waals surface area (Å²) >= 11 is 0. The summed E-state index contributed by atoms with van der Waals surface area (Å²) in [6.07, 6.45) is 8.89. The van der Waals surface area contributed by atoms with Crippen LogP contribution in [0.15, 0.2) is 18.5 Å². The van der Waals surface area contributed by atoms with E-state index >= 15 is 0 Å². The van der Waals surface area contributed by atoms with E-state index in [1.165, 1.54) is 5.57 Å². The number of hydrogen-bond donors (Lipinski definition) is 0. The highest BCUT2D eigenvalue weighted by molar-refractivity contribution is 5.78. The molecule has 0 N–H and O–H groups in total. The molecule has 6 nitrogen and oxygen atoms in total. The number of ether oxygens (including phenoxy) is 1. The minimum Gasteiger partial charge on any atom is -0.459 e. The Labute approximate surface area is 141 Å². The maximum absolute atomic E-state index is 12.1. The van der Waals surface area contributed by atoms with Gasteiger partial charge in [-0.25, -0.2) is 14.6 Å². The van der Waals surface area contributed by atoms with Crippen molar-refractivity contribution < 1.29 is 9.53 Å². The van der Waals surface area contributed by atoms with E-state index in [9.17, 15) is 4.79 Å². The van der Waals surface area contributed by atoms with Gasteiger partial charge in [0.05, 0.1) is 11.6 Å². The van der Waals surface area contributed by atoms with Gasteiger partial charge in [-0.05, 0) is 51.5 Å². The van der Waals surface area contributed by atoms with E-state index in [0.29, 0.717) is 5.65 Å². The lowest BCUT2D eigenvalue weighted by atomic mass is 9.91. The highest BCUT2D eigenvalue weighted by Crippen LogP contribution is 2.28. The van der Waals surface area contributed by atoms with Crippen LogP contribution in [0.4, 0.5) is 0 Å². The van der Waals surface area contributed by atoms with Gasteiger partial charge in [0, 0.05) is 6.20 Å². The van der Waals surface area contributed by atoms with Crippen molar-refractivity contribution in [1.29, 1.82) is 0 Å². The molecule has 3 rings (SSSR count). The van der Waals surface area contributed by atoms with Crippen molar-refractivity contribution >= 4 is 22.6 Å². The average Bonchev–Trinajstić information content (AvgIpc) is 2.88. The van der Waals surface area contributed by atoms with Crippen LogP contribution in [-0.2, 0) is 16.1 Å². The molecule has 1 atom stereocenters. The van der Waals surface area contributed by atoms with Gasteiger partial charge in [-0.3, -0.25) is 4.79 Å². The second kappa shape index (κ2) is 6.34. The molecule has 0 spiro atoms. The maximum atomic E-state index is 12.1. The Morgan fingerprint density at radius 3 is 2.83 bits per heavy atom. The van der Waals surface area contributed by atoms with E-state index in [4.69, 9.17) is 4.74 Å². The van der Waals surface area contributed by atoms with Crippen LogP contribution < -0.4 is 0 Å². The second-order valence-electron chi connectivity index (χ2n) is 7.47. The molecule has 1 unspecified atom stereocenters. The molecular weight excluding hydrogens is 304 g/mol. The summed E-state index contributed by atoms with van der Waals surface area (Å²) in [4.78, 5) is 21.2. The molecular formula is C18H24N4O2. The fraction of sp³-hybridized carbons (Fsp3) is 0.556. The first kappa shape index (κ1) is 16.6. The molecule has 0 bridgehead atoms. The van der Waals surface area contributed by atoms with Crippen molar-refractivity contribution in [3.8, 4) is 0 Å². The largest absolute Gasteiger partial charge is 0.459 e. The fourth-order valence-corrected chi connectivity index (χ4v) is 2.80. The summed E-state index contributed by atoms with van der Waals surface area (Å²) in [5.74, 6) is 1.13. The molecule has 0 aliphatic heterocycles. The first-order chi connectivity index (χ1) is 11.3. The van der Waals surface area contributed by atoms with E-state index in [-0.39, 0.29) is 12.5 Å². The van der Waals surface area contributed by atoms with Crippen LogP contribution in [0.25, 0.3) is 16.6 Å². The van der Waals surface area contributed by atoms with Gasteiger partial charge in [0.15, 0.2) is 11.5 Å². The zero-order valence-electron chi connectivity index (χ0n) is 14.7. The summed E-state index contributed by atoms with van der Waals surface area (Å²) < 4.78 is 6.95. The average molecular weight is 328 g/mol. The Morgan fingerprint density at radius 2 is 2.17 bits per heavy atom. The van der Waals surface area contributed by atoms with Crippen molar-refractivity contribution in [2.45, 2.75) is 59.1 Å². The van der Waals surface area contributed by atoms with Crippen molar-refractivity contribution in [1.82, 2.24) is 19.7 Å². The van der Waals surface area contributed by atoms with E-state index in [2.05, 4.69) is 28.1 Å². The molecule has 1 aliphatic carbocycles. The van der Waals surface area contributed by atoms with Crippen molar-refractivity contribution in [3.63, 3.8) is 0 Å². The lowest BCUT2D eigenvalue weighted by Gasteiger charge is -2.19. The summed E-state index contributed by atoms with van der Waals surface area (Å²) in [6, 6.07) is 0. The molecule has 1 aliphatic rings. The topological polar surface area (TPSA) is 69.9 Å². The number of aromatic nitrogens is 4. The molecule has 0 aromatic carbocycles. The Bertz CT molecular complexity index is 786. The third-order valence-electron chi connectivity index (χ3n) is 4.04. The van der Waals surface area contributed by atoms with Gasteiger partial charge in [0.25, 0.3) is 0 Å². The summed E-state index contributed by atoms with van der Waals surface area (Å²) in [5.41, 5.74) is 1.34. The van der Waals surface area contributed by atoms with E-state index in [1.54, 1.807) is 17.1 Å². The number of rotatable bonds is 3. The van der Waals surface area contributed by atoms with Crippen LogP contribution in [-0.4, -0.2) is 31.3 Å². The predicted octanol–water partition coefficient (Wildman–Crippen LogP) is 3.37. The Morgan fingerprint density at radius 1 is 1.38 bits per heavy atom. The molecule has 0 fully saturated rings. The quantitative estimate of drug-likeness (QED) is 0.808. The van der Waals surface area contributed by atoms with Crippen molar-refractivity contribution in [3.05, 3.63) is 24.3 Å². The number of carbonyl (C=O) groups is 1. The zero-order chi connectivity index (χ0) is 17.3. The van der Waals surface area contributed by atoms with E-state index < -0.39 is 5.60 Å². The SMILES string of the molecule is CC1CC=C(c2ncc3cnn(CC(=O)OC(C)(C)C)c3n2)CC1. The number of esters is 1. The Kier molecular flexibility index (Phi) is 4.39. The highest BCUT2D eigenvalue weighted by atomic mass is 16.6. The summed E-state index contributed by atoms with van der Waals surface area (Å²) in [5, 5.41) is 5.08. The van der Waals surface area contributed by atoms with Gasteiger partial charge in [0.1, 0.15) is 12.1 Å². The van der Waals surface area contributed by atoms with Gasteiger partial charge in [-0.2, -0.15) is 5.10 Å². The first-order valence-corrected chi connectivity index (χ1v) is 8.41. The smallest absolute Gasteiger partial charge is 0.328 e. The lowest BCUT2D eigenvalue weighted by molar-refractivity contribution is -0.155. The van der Waals surface area contributed by atoms with Crippen LogP contribution in [0.2, 0.25) is 0 Å². The molecule has 0 radical (unpaired) electrons. The van der Waals surface area contributed by atoms with E-state index in [1.807, 2.05) is 20.8 Å². The normalized spacial score (nSPS) is 18.5. The van der Waals surface area contributed by atoms with Crippen LogP contribution in [0, 0.1) is 5.92 Å². The minimum atomic E-state index is -0.510. The third-order valence-corrected chi connectivity index (χ3v) is 4.04. The standard InChI is InChI=1S/C18H24N4O2/c1-12-5-7-13(8-6-12)16-19-9-14-10-20-22(17(14)21-16)11-15(23)24-18(2,3)4/h7,9-10,12H,5-6,8,11H2,1-4H3. The predicted molar refractivity (Wildman–Crippen MR) is 92.2 cm³/mol. The van der Waals surface area contributed by atoms with Crippen LogP contribution >= 0.6 is 0 Å². The number of hydrogen-bond acceptors (Lipinski definition) is 5. The number of carbonyl (C=O) groups excluding carboxylic acids is 1. The van der Waals surface area contributed by atoms with Crippen LogP contribution in [0.3, 0.4) is 0 Å². The molecule has 0 amide bonds. The van der Waals surface area contributed by atoms with Gasteiger partial charge in [-0.15, -0.1) is 0 Å². The molecule has 2 aromatic heterocycles. The molecule has 128 valence electrons. The molecule has 2 aromatic rings. The maximum Gasteiger partial charge on any atom is 0.328 e. The lowest BCUT2D eigenvalue weighted by Crippen LogP contribution is -2.26. The fourth-order valence-electron chi connectivity index (χ4n) is 2.80. The first-order valence-electron chi connectivity index (χ1n) is 8.41. The Hall–Kier alpha value is -2.24. The molecule has 24 heavy (non-hydrogen) atoms. The number of nitrogens with zero attached hydrogens (tertiary/aromatic N) is 4. The summed E-state index contributed by atoms with van der Waals surface area (Å²) in [6.45, 7) is 7.86. The van der Waals surface area contributed by atoms with Crippen LogP contribution in [0.1, 0.15) is 52.8 Å². The zero-order valence-corrected chi connectivity index (χ0v) is 14.7. The monoisotopic (exact) mass is 328 g/mol. The van der Waals surface area contributed by atoms with Crippen molar-refractivity contribution in [2.24, 2.45) is 5.92 Å². The van der Waals surface area contributed by atoms with E-state index in [0.717, 1.165) is 36.4 Å². The van der Waals surface area contributed by atoms with Gasteiger partial charge >= 0.3 is 5.97 Å². The molecule has 0 saturated heterocycles. The molecule has 6 heteroatoms. The number of fused-ring (bicyclic) bond motifs is 1. The second-order valence-corrected chi connectivity index (χ2v) is 7.47. The summed E-state index contributed by atoms with van der Waals surface area (Å²) in [7, 11) is 0. The third kappa shape index (κ3) is 3.80. The van der Waals surface area contributed by atoms with Crippen molar-refractivity contribution in [2.75, 3.05) is 0 Å². The van der Waals surface area contributed by atoms with Crippen LogP contribution in [0.5, 0.6) is 0 Å². The van der Waals surface area contributed by atoms with Gasteiger partial charge in [0.2, 0.25) is 0 Å². The van der Waals surface area contributed by atoms with Gasteiger partial charge < -0.3 is 4.74 Å². The number of allylic oxidation sites excluding steroid dienone is 2. The van der Waals surface area contributed by atoms with Gasteiger partial charge in [-0.1, -0.05) is 13.0 Å².